The van der Waals surface area contributed by atoms with Crippen molar-refractivity contribution in [3.63, 3.8) is 0 Å². The number of hydrogen-bond acceptors (Lipinski definition) is 5. The minimum atomic E-state index is -0.108. The second-order valence-corrected chi connectivity index (χ2v) is 8.56. The first-order chi connectivity index (χ1) is 13.2. The van der Waals surface area contributed by atoms with Crippen LogP contribution in [0.25, 0.3) is 5.57 Å². The Morgan fingerprint density at radius 1 is 1.11 bits per heavy atom. The number of benzene rings is 1. The molecule has 0 saturated carbocycles. The number of phenolic OH excluding ortho intramolecular Hbond substituents is 1. The molecule has 28 heavy (non-hydrogen) atoms. The summed E-state index contributed by atoms with van der Waals surface area (Å²) in [6.07, 6.45) is 4.97. The Morgan fingerprint density at radius 2 is 1.89 bits per heavy atom. The van der Waals surface area contributed by atoms with Gasteiger partial charge in [-0.25, -0.2) is 0 Å². The lowest BCUT2D eigenvalue weighted by molar-refractivity contribution is 0.176. The molecule has 5 nitrogen and oxygen atoms in total. The van der Waals surface area contributed by atoms with Crippen molar-refractivity contribution in [1.29, 1.82) is 0 Å². The normalized spacial score (nSPS) is 17.8. The molecule has 0 fully saturated rings. The summed E-state index contributed by atoms with van der Waals surface area (Å²) in [5.74, 6) is 0.798. The first kappa shape index (κ1) is 20.4. The van der Waals surface area contributed by atoms with Crippen LogP contribution in [-0.4, -0.2) is 28.3 Å². The van der Waals surface area contributed by atoms with E-state index in [-0.39, 0.29) is 16.8 Å². The third kappa shape index (κ3) is 4.72. The van der Waals surface area contributed by atoms with Crippen LogP contribution >= 0.6 is 0 Å². The number of rotatable bonds is 6. The van der Waals surface area contributed by atoms with Crippen LogP contribution in [0.15, 0.2) is 42.6 Å². The molecule has 3 rings (SSSR count). The van der Waals surface area contributed by atoms with E-state index in [2.05, 4.69) is 44.1 Å². The Bertz CT molecular complexity index is 872. The Balaban J connectivity index is 1.89. The number of pyridine rings is 1. The van der Waals surface area contributed by atoms with Crippen molar-refractivity contribution in [2.45, 2.75) is 58.4 Å². The largest absolute Gasteiger partial charge is 0.507 e. The van der Waals surface area contributed by atoms with Crippen LogP contribution in [0.3, 0.4) is 0 Å². The second kappa shape index (κ2) is 7.94. The number of nitrogens with one attached hydrogen (secondary N) is 1. The van der Waals surface area contributed by atoms with Crippen LogP contribution in [0.2, 0.25) is 0 Å². The fraction of sp³-hybridized carbons (Fsp3) is 0.435. The van der Waals surface area contributed by atoms with Crippen molar-refractivity contribution in [3.8, 4) is 11.5 Å². The monoisotopic (exact) mass is 382 g/mol. The van der Waals surface area contributed by atoms with Gasteiger partial charge in [-0.2, -0.15) is 0 Å². The summed E-state index contributed by atoms with van der Waals surface area (Å²) in [7, 11) is 1.60. The predicted molar refractivity (Wildman–Crippen MR) is 111 cm³/mol. The van der Waals surface area contributed by atoms with Gasteiger partial charge in [0.25, 0.3) is 0 Å². The zero-order chi connectivity index (χ0) is 20.4. The molecule has 1 aromatic carbocycles. The van der Waals surface area contributed by atoms with E-state index in [1.807, 2.05) is 24.4 Å². The molecule has 5 heteroatoms. The molecule has 1 aliphatic rings. The van der Waals surface area contributed by atoms with E-state index >= 15 is 0 Å². The smallest absolute Gasteiger partial charge is 0.129 e. The summed E-state index contributed by atoms with van der Waals surface area (Å²) in [6, 6.07) is 9.23. The number of methoxy groups -OCH3 is 1. The molecule has 2 aromatic rings. The Labute approximate surface area is 167 Å². The van der Waals surface area contributed by atoms with Crippen LogP contribution in [0.4, 0.5) is 0 Å². The molecule has 0 saturated heterocycles. The second-order valence-electron chi connectivity index (χ2n) is 8.56. The van der Waals surface area contributed by atoms with E-state index in [4.69, 9.17) is 9.47 Å². The van der Waals surface area contributed by atoms with Crippen LogP contribution in [0.1, 0.15) is 50.9 Å². The van der Waals surface area contributed by atoms with Crippen LogP contribution in [0.5, 0.6) is 11.5 Å². The Kier molecular flexibility index (Phi) is 5.77. The van der Waals surface area contributed by atoms with Crippen molar-refractivity contribution >= 4 is 5.57 Å². The quantitative estimate of drug-likeness (QED) is 0.773. The maximum absolute atomic E-state index is 10.1. The molecule has 1 aromatic heterocycles. The number of hydrogen-bond donors (Lipinski definition) is 2. The van der Waals surface area contributed by atoms with Gasteiger partial charge >= 0.3 is 0 Å². The van der Waals surface area contributed by atoms with Crippen LogP contribution in [0, 0.1) is 0 Å². The molecule has 0 amide bonds. The summed E-state index contributed by atoms with van der Waals surface area (Å²) in [5, 5.41) is 13.8. The van der Waals surface area contributed by atoms with Gasteiger partial charge in [0.1, 0.15) is 18.1 Å². The highest BCUT2D eigenvalue weighted by Crippen LogP contribution is 2.35. The summed E-state index contributed by atoms with van der Waals surface area (Å²) < 4.78 is 11.3. The third-order valence-corrected chi connectivity index (χ3v) is 4.80. The van der Waals surface area contributed by atoms with Crippen molar-refractivity contribution in [2.75, 3.05) is 7.11 Å². The summed E-state index contributed by atoms with van der Waals surface area (Å²) in [5.41, 5.74) is 3.75. The molecular formula is C23H30N2O3. The van der Waals surface area contributed by atoms with Gasteiger partial charge in [-0.05, 0) is 57.9 Å². The third-order valence-electron chi connectivity index (χ3n) is 4.80. The highest BCUT2D eigenvalue weighted by atomic mass is 16.5. The molecular weight excluding hydrogens is 352 g/mol. The van der Waals surface area contributed by atoms with Gasteiger partial charge in [0.2, 0.25) is 0 Å². The minimum absolute atomic E-state index is 0.0138. The van der Waals surface area contributed by atoms with E-state index in [9.17, 15) is 5.11 Å². The molecule has 0 aliphatic carbocycles. The average molecular weight is 383 g/mol. The summed E-state index contributed by atoms with van der Waals surface area (Å²) in [4.78, 5) is 4.67. The van der Waals surface area contributed by atoms with Crippen LogP contribution < -0.4 is 10.1 Å². The van der Waals surface area contributed by atoms with Gasteiger partial charge in [-0.15, -0.1) is 0 Å². The highest BCUT2D eigenvalue weighted by Gasteiger charge is 2.33. The Hall–Kier alpha value is -2.37. The van der Waals surface area contributed by atoms with E-state index in [0.29, 0.717) is 24.5 Å². The fourth-order valence-electron chi connectivity index (χ4n) is 4.05. The Morgan fingerprint density at radius 3 is 2.61 bits per heavy atom. The van der Waals surface area contributed by atoms with Crippen molar-refractivity contribution in [2.24, 2.45) is 0 Å². The molecule has 0 bridgehead atoms. The highest BCUT2D eigenvalue weighted by molar-refractivity contribution is 5.68. The zero-order valence-electron chi connectivity index (χ0n) is 17.4. The van der Waals surface area contributed by atoms with Crippen molar-refractivity contribution in [1.82, 2.24) is 10.3 Å². The lowest BCUT2D eigenvalue weighted by Crippen LogP contribution is -2.53. The van der Waals surface area contributed by atoms with Gasteiger partial charge in [0.15, 0.2) is 0 Å². The topological polar surface area (TPSA) is 63.6 Å². The number of nitrogens with zero attached hydrogens (tertiary/aromatic N) is 1. The molecule has 0 unspecified atom stereocenters. The number of ether oxygens (including phenoxy) is 2. The molecule has 2 heterocycles. The van der Waals surface area contributed by atoms with Gasteiger partial charge in [0, 0.05) is 29.9 Å². The molecule has 1 aliphatic heterocycles. The van der Waals surface area contributed by atoms with Gasteiger partial charge in [-0.3, -0.25) is 4.98 Å². The molecule has 150 valence electrons. The lowest BCUT2D eigenvalue weighted by Gasteiger charge is -2.41. The van der Waals surface area contributed by atoms with E-state index in [1.165, 1.54) is 5.57 Å². The SMILES string of the molecule is COCc1c(O)cccc1OCc1cccnc1C1=CC(C)(C)NC(C)(C)C1. The van der Waals surface area contributed by atoms with Gasteiger partial charge in [0.05, 0.1) is 17.9 Å². The first-order valence-corrected chi connectivity index (χ1v) is 9.59. The maximum Gasteiger partial charge on any atom is 0.129 e. The number of aromatic hydroxyl groups is 1. The fourth-order valence-corrected chi connectivity index (χ4v) is 4.05. The maximum atomic E-state index is 10.1. The number of aromatic nitrogens is 1. The minimum Gasteiger partial charge on any atom is -0.507 e. The zero-order valence-corrected chi connectivity index (χ0v) is 17.4. The van der Waals surface area contributed by atoms with Gasteiger partial charge in [-0.1, -0.05) is 18.2 Å². The summed E-state index contributed by atoms with van der Waals surface area (Å²) in [6.45, 7) is 9.44. The van der Waals surface area contributed by atoms with Crippen molar-refractivity contribution < 1.29 is 14.6 Å². The molecule has 2 N–H and O–H groups in total. The molecule has 0 spiro atoms. The lowest BCUT2D eigenvalue weighted by atomic mass is 9.81. The van der Waals surface area contributed by atoms with E-state index in [0.717, 1.165) is 17.7 Å². The molecule has 0 atom stereocenters. The summed E-state index contributed by atoms with van der Waals surface area (Å²) >= 11 is 0. The van der Waals surface area contributed by atoms with Crippen molar-refractivity contribution in [3.05, 3.63) is 59.4 Å². The molecule has 0 radical (unpaired) electrons. The van der Waals surface area contributed by atoms with Gasteiger partial charge < -0.3 is 19.9 Å². The average Bonchev–Trinajstić information content (AvgIpc) is 2.60. The van der Waals surface area contributed by atoms with E-state index in [1.54, 1.807) is 19.2 Å². The predicted octanol–water partition coefficient (Wildman–Crippen LogP) is 4.45. The number of phenols is 1. The first-order valence-electron chi connectivity index (χ1n) is 9.59. The van der Waals surface area contributed by atoms with E-state index < -0.39 is 0 Å². The van der Waals surface area contributed by atoms with Crippen LogP contribution in [-0.2, 0) is 18.0 Å². The standard InChI is InChI=1S/C23H30N2O3/c1-22(2)12-17(13-23(3,4)25-22)21-16(8-7-11-24-21)14-28-20-10-6-9-19(26)18(20)15-27-5/h6-12,25-26H,13-15H2,1-5H3.